The number of nitrogens with zero attached hydrogens (tertiary/aromatic N) is 3. The first-order chi connectivity index (χ1) is 16.3. The fraction of sp³-hybridized carbons (Fsp3) is 0.640. The second-order valence-corrected chi connectivity index (χ2v) is 10.4. The van der Waals surface area contributed by atoms with Gasteiger partial charge in [-0.25, -0.2) is 9.18 Å². The van der Waals surface area contributed by atoms with Gasteiger partial charge >= 0.3 is 6.03 Å². The van der Waals surface area contributed by atoms with Crippen molar-refractivity contribution in [2.45, 2.75) is 89.8 Å². The molecule has 1 aromatic rings. The van der Waals surface area contributed by atoms with Gasteiger partial charge in [-0.15, -0.1) is 0 Å². The van der Waals surface area contributed by atoms with Crippen LogP contribution < -0.4 is 10.7 Å². The summed E-state index contributed by atoms with van der Waals surface area (Å²) < 4.78 is 13.7. The number of hydrogen-bond acceptors (Lipinski definition) is 4. The monoisotopic (exact) mass is 471 g/mol. The lowest BCUT2D eigenvalue weighted by molar-refractivity contribution is -0.162. The fourth-order valence-electron chi connectivity index (χ4n) is 6.17. The van der Waals surface area contributed by atoms with Crippen LogP contribution in [0.25, 0.3) is 0 Å². The first kappa shape index (κ1) is 23.1. The van der Waals surface area contributed by atoms with Crippen LogP contribution in [0.1, 0.15) is 64.4 Å². The fourth-order valence-corrected chi connectivity index (χ4v) is 6.17. The summed E-state index contributed by atoms with van der Waals surface area (Å²) in [6, 6.07) is 5.75. The van der Waals surface area contributed by atoms with Crippen LogP contribution in [0.15, 0.2) is 24.3 Å². The van der Waals surface area contributed by atoms with E-state index >= 15 is 0 Å². The third-order valence-corrected chi connectivity index (χ3v) is 7.85. The highest BCUT2D eigenvalue weighted by atomic mass is 19.1. The predicted octanol–water partition coefficient (Wildman–Crippen LogP) is 2.95. The van der Waals surface area contributed by atoms with E-state index in [-0.39, 0.29) is 60.2 Å². The first-order valence-electron chi connectivity index (χ1n) is 12.6. The molecule has 2 saturated carbocycles. The Morgan fingerprint density at radius 1 is 1.18 bits per heavy atom. The molecule has 4 atom stereocenters. The predicted molar refractivity (Wildman–Crippen MR) is 123 cm³/mol. The number of rotatable bonds is 5. The third-order valence-electron chi connectivity index (χ3n) is 7.85. The lowest BCUT2D eigenvalue weighted by Gasteiger charge is -2.51. The van der Waals surface area contributed by atoms with Crippen LogP contribution in [0.4, 0.5) is 9.18 Å². The Labute approximate surface area is 199 Å². The summed E-state index contributed by atoms with van der Waals surface area (Å²) >= 11 is 0. The molecule has 2 N–H and O–H groups in total. The van der Waals surface area contributed by atoms with Gasteiger partial charge in [0.1, 0.15) is 5.82 Å². The summed E-state index contributed by atoms with van der Waals surface area (Å²) in [5, 5.41) is 4.67. The normalized spacial score (nSPS) is 29.6. The summed E-state index contributed by atoms with van der Waals surface area (Å²) in [4.78, 5) is 43.6. The Morgan fingerprint density at radius 3 is 2.65 bits per heavy atom. The SMILES string of the molecule is CC(C)N1C(=O)C2CCC(C(=O)NC3CCCC3)CC2N2C(=O)N(Cc3cccc(F)c3)NC12. The number of nitrogens with one attached hydrogen (secondary N) is 2. The number of hydrazine groups is 1. The number of amides is 4. The molecule has 0 bridgehead atoms. The molecule has 184 valence electrons. The van der Waals surface area contributed by atoms with Crippen molar-refractivity contribution in [2.24, 2.45) is 11.8 Å². The molecule has 2 aliphatic heterocycles. The van der Waals surface area contributed by atoms with Gasteiger partial charge in [0.15, 0.2) is 6.29 Å². The van der Waals surface area contributed by atoms with Crippen molar-refractivity contribution in [1.29, 1.82) is 0 Å². The van der Waals surface area contributed by atoms with Gasteiger partial charge in [0.2, 0.25) is 11.8 Å². The van der Waals surface area contributed by atoms with E-state index in [1.165, 1.54) is 17.1 Å². The summed E-state index contributed by atoms with van der Waals surface area (Å²) in [5.41, 5.74) is 3.86. The molecule has 2 saturated heterocycles. The molecule has 2 heterocycles. The maximum absolute atomic E-state index is 13.7. The molecule has 4 aliphatic rings. The van der Waals surface area contributed by atoms with Gasteiger partial charge in [0.05, 0.1) is 12.5 Å². The maximum atomic E-state index is 13.7. The van der Waals surface area contributed by atoms with Crippen LogP contribution in [0.5, 0.6) is 0 Å². The first-order valence-corrected chi connectivity index (χ1v) is 12.6. The second-order valence-electron chi connectivity index (χ2n) is 10.4. The number of benzene rings is 1. The van der Waals surface area contributed by atoms with Gasteiger partial charge in [0, 0.05) is 24.0 Å². The molecule has 0 spiro atoms. The molecular formula is C25H34FN5O3. The smallest absolute Gasteiger partial charge is 0.337 e. The molecule has 0 aromatic heterocycles. The number of hydrogen-bond donors (Lipinski definition) is 2. The highest BCUT2D eigenvalue weighted by Crippen LogP contribution is 2.41. The lowest BCUT2D eigenvalue weighted by Crippen LogP contribution is -2.68. The Morgan fingerprint density at radius 2 is 1.94 bits per heavy atom. The zero-order chi connectivity index (χ0) is 24.0. The van der Waals surface area contributed by atoms with Crippen LogP contribution in [-0.2, 0) is 16.1 Å². The van der Waals surface area contributed by atoms with Gasteiger partial charge in [-0.2, -0.15) is 5.43 Å². The van der Waals surface area contributed by atoms with Crippen molar-refractivity contribution in [3.05, 3.63) is 35.6 Å². The topological polar surface area (TPSA) is 85.0 Å². The molecule has 9 heteroatoms. The van der Waals surface area contributed by atoms with Gasteiger partial charge in [-0.1, -0.05) is 25.0 Å². The average Bonchev–Trinajstić information content (AvgIpc) is 3.41. The molecule has 5 rings (SSSR count). The Hall–Kier alpha value is -2.68. The van der Waals surface area contributed by atoms with Crippen LogP contribution in [0, 0.1) is 17.7 Å². The third kappa shape index (κ3) is 4.15. The van der Waals surface area contributed by atoms with Gasteiger partial charge < -0.3 is 10.2 Å². The molecule has 34 heavy (non-hydrogen) atoms. The molecule has 2 aliphatic carbocycles. The maximum Gasteiger partial charge on any atom is 0.337 e. The van der Waals surface area contributed by atoms with E-state index in [2.05, 4.69) is 10.7 Å². The van der Waals surface area contributed by atoms with Crippen LogP contribution in [-0.4, -0.2) is 57.1 Å². The Kier molecular flexibility index (Phi) is 6.22. The molecular weight excluding hydrogens is 437 g/mol. The van der Waals surface area contributed by atoms with Crippen molar-refractivity contribution in [3.63, 3.8) is 0 Å². The van der Waals surface area contributed by atoms with Gasteiger partial charge in [-0.05, 0) is 63.6 Å². The second kappa shape index (κ2) is 9.17. The highest BCUT2D eigenvalue weighted by Gasteiger charge is 2.56. The van der Waals surface area contributed by atoms with Crippen molar-refractivity contribution >= 4 is 17.8 Å². The van der Waals surface area contributed by atoms with Crippen molar-refractivity contribution in [1.82, 2.24) is 25.6 Å². The summed E-state index contributed by atoms with van der Waals surface area (Å²) in [6.45, 7) is 4.07. The van der Waals surface area contributed by atoms with E-state index < -0.39 is 6.29 Å². The van der Waals surface area contributed by atoms with E-state index in [9.17, 15) is 18.8 Å². The van der Waals surface area contributed by atoms with Crippen molar-refractivity contribution in [3.8, 4) is 0 Å². The molecule has 4 fully saturated rings. The van der Waals surface area contributed by atoms with Crippen molar-refractivity contribution in [2.75, 3.05) is 0 Å². The zero-order valence-electron chi connectivity index (χ0n) is 19.9. The number of carbonyl (C=O) groups excluding carboxylic acids is 3. The number of halogens is 1. The van der Waals surface area contributed by atoms with E-state index in [0.29, 0.717) is 24.8 Å². The van der Waals surface area contributed by atoms with Crippen LogP contribution >= 0.6 is 0 Å². The minimum Gasteiger partial charge on any atom is -0.353 e. The highest BCUT2D eigenvalue weighted by molar-refractivity contribution is 5.87. The molecule has 8 nitrogen and oxygen atoms in total. The largest absolute Gasteiger partial charge is 0.353 e. The van der Waals surface area contributed by atoms with Crippen LogP contribution in [0.2, 0.25) is 0 Å². The lowest BCUT2D eigenvalue weighted by atomic mass is 9.75. The molecule has 4 unspecified atom stereocenters. The minimum absolute atomic E-state index is 0.0313. The standard InChI is InChI=1S/C25H34FN5O3/c1-15(2)30-23(33)20-11-10-17(22(32)27-19-8-3-4-9-19)13-21(20)31-24(30)28-29(25(31)34)14-16-6-5-7-18(26)12-16/h5-7,12,15,17,19-21,24,28H,3-4,8-11,13-14H2,1-2H3,(H,27,32). The van der Waals surface area contributed by atoms with E-state index in [1.807, 2.05) is 13.8 Å². The molecule has 0 radical (unpaired) electrons. The minimum atomic E-state index is -0.605. The number of urea groups is 1. The summed E-state index contributed by atoms with van der Waals surface area (Å²) in [7, 11) is 0. The summed E-state index contributed by atoms with van der Waals surface area (Å²) in [5.74, 6) is -0.787. The number of fused-ring (bicyclic) bond motifs is 3. The van der Waals surface area contributed by atoms with E-state index in [4.69, 9.17) is 0 Å². The average molecular weight is 472 g/mol. The molecule has 1 aromatic carbocycles. The van der Waals surface area contributed by atoms with Crippen LogP contribution in [0.3, 0.4) is 0 Å². The zero-order valence-corrected chi connectivity index (χ0v) is 19.9. The van der Waals surface area contributed by atoms with E-state index in [1.54, 1.807) is 21.9 Å². The van der Waals surface area contributed by atoms with Gasteiger partial charge in [-0.3, -0.25) is 19.5 Å². The Bertz CT molecular complexity index is 966. The summed E-state index contributed by atoms with van der Waals surface area (Å²) in [6.07, 6.45) is 5.48. The number of carbonyl (C=O) groups is 3. The van der Waals surface area contributed by atoms with E-state index in [0.717, 1.165) is 25.7 Å². The molecule has 4 amide bonds. The van der Waals surface area contributed by atoms with Gasteiger partial charge in [0.25, 0.3) is 0 Å². The quantitative estimate of drug-likeness (QED) is 0.692. The van der Waals surface area contributed by atoms with Crippen molar-refractivity contribution < 1.29 is 18.8 Å². The Balaban J connectivity index is 1.37.